The van der Waals surface area contributed by atoms with Crippen molar-refractivity contribution < 1.29 is 19.4 Å². The summed E-state index contributed by atoms with van der Waals surface area (Å²) in [5, 5.41) is 9.58. The van der Waals surface area contributed by atoms with Gasteiger partial charge in [0.15, 0.2) is 0 Å². The summed E-state index contributed by atoms with van der Waals surface area (Å²) in [4.78, 5) is 49.1. The van der Waals surface area contributed by atoms with Crippen molar-refractivity contribution in [3.63, 3.8) is 0 Å². The number of carboxylic acid groups (broad SMARTS) is 1. The molecule has 0 aliphatic rings. The zero-order valence-corrected chi connectivity index (χ0v) is 30.7. The van der Waals surface area contributed by atoms with E-state index < -0.39 is 11.2 Å². The van der Waals surface area contributed by atoms with E-state index in [0.29, 0.717) is 5.39 Å². The zero-order valence-electron chi connectivity index (χ0n) is 28.4. The predicted molar refractivity (Wildman–Crippen MR) is 206 cm³/mol. The molecule has 0 aliphatic carbocycles. The number of aromatic carboxylic acids is 1. The smallest absolute Gasteiger partial charge is 0.338 e. The SMILES string of the molecule is CN(C)c1cccc(N)c1.COCn1c(=O)c2cccnc2c2ccc(N(C)C)cc21.O=C(Cl)c1cccnc1Cl.O=C(O)c1cccnc1Cl. The Morgan fingerprint density at radius 2 is 1.35 bits per heavy atom. The molecule has 51 heavy (non-hydrogen) atoms. The maximum Gasteiger partial charge on any atom is 0.338 e. The van der Waals surface area contributed by atoms with E-state index in [2.05, 4.69) is 15.0 Å². The molecule has 266 valence electrons. The van der Waals surface area contributed by atoms with Gasteiger partial charge in [-0.05, 0) is 84.4 Å². The van der Waals surface area contributed by atoms with Gasteiger partial charge in [0.1, 0.15) is 17.0 Å². The molecule has 4 heterocycles. The van der Waals surface area contributed by atoms with Crippen LogP contribution >= 0.6 is 34.8 Å². The van der Waals surface area contributed by atoms with Gasteiger partial charge >= 0.3 is 5.97 Å². The fraction of sp³-hybridized carbons (Fsp3) is 0.167. The molecular weight excluding hydrogens is 717 g/mol. The number of aromatic nitrogens is 4. The first-order valence-corrected chi connectivity index (χ1v) is 16.1. The lowest BCUT2D eigenvalue weighted by Crippen LogP contribution is -2.22. The Balaban J connectivity index is 0.000000199. The molecule has 0 aliphatic heterocycles. The van der Waals surface area contributed by atoms with Gasteiger partial charge in [0.05, 0.1) is 27.5 Å². The third kappa shape index (κ3) is 11.1. The van der Waals surface area contributed by atoms with E-state index in [1.807, 2.05) is 80.5 Å². The predicted octanol–water partition coefficient (Wildman–Crippen LogP) is 7.10. The van der Waals surface area contributed by atoms with Crippen LogP contribution in [-0.2, 0) is 11.5 Å². The topological polar surface area (TPSA) is 157 Å². The largest absolute Gasteiger partial charge is 0.478 e. The van der Waals surface area contributed by atoms with Crippen molar-refractivity contribution in [2.75, 3.05) is 50.8 Å². The summed E-state index contributed by atoms with van der Waals surface area (Å²) < 4.78 is 6.84. The summed E-state index contributed by atoms with van der Waals surface area (Å²) in [5.74, 6) is -1.06. The lowest BCUT2D eigenvalue weighted by Gasteiger charge is -2.16. The number of benzene rings is 2. The normalized spacial score (nSPS) is 10.1. The highest BCUT2D eigenvalue weighted by atomic mass is 35.5. The lowest BCUT2D eigenvalue weighted by molar-refractivity contribution is 0.0696. The van der Waals surface area contributed by atoms with Crippen LogP contribution in [0.15, 0.2) is 102 Å². The molecule has 0 amide bonds. The van der Waals surface area contributed by atoms with Crippen molar-refractivity contribution in [1.29, 1.82) is 0 Å². The lowest BCUT2D eigenvalue weighted by atomic mass is 10.1. The molecule has 0 radical (unpaired) electrons. The van der Waals surface area contributed by atoms with Crippen molar-refractivity contribution in [3.8, 4) is 0 Å². The molecule has 0 fully saturated rings. The highest BCUT2D eigenvalue weighted by Crippen LogP contribution is 2.25. The summed E-state index contributed by atoms with van der Waals surface area (Å²) in [6.45, 7) is 0.219. The minimum Gasteiger partial charge on any atom is -0.478 e. The van der Waals surface area contributed by atoms with E-state index in [-0.39, 0.29) is 33.7 Å². The van der Waals surface area contributed by atoms with Gasteiger partial charge in [-0.25, -0.2) is 14.8 Å². The van der Waals surface area contributed by atoms with Crippen LogP contribution in [-0.4, -0.2) is 71.1 Å². The Kier molecular flexibility index (Phi) is 15.1. The monoisotopic (exact) mass is 751 g/mol. The van der Waals surface area contributed by atoms with Crippen LogP contribution in [0.2, 0.25) is 10.3 Å². The molecule has 6 rings (SSSR count). The van der Waals surface area contributed by atoms with Gasteiger partial charge in [-0.15, -0.1) is 0 Å². The van der Waals surface area contributed by atoms with Crippen LogP contribution in [0, 0.1) is 0 Å². The summed E-state index contributed by atoms with van der Waals surface area (Å²) in [7, 11) is 9.52. The average Bonchev–Trinajstić information content (AvgIpc) is 3.11. The third-order valence-electron chi connectivity index (χ3n) is 6.93. The van der Waals surface area contributed by atoms with Gasteiger partial charge in [-0.3, -0.25) is 19.1 Å². The van der Waals surface area contributed by atoms with Crippen LogP contribution < -0.4 is 21.1 Å². The fourth-order valence-corrected chi connectivity index (χ4v) is 5.01. The number of nitrogens with zero attached hydrogens (tertiary/aromatic N) is 6. The number of hydrogen-bond acceptors (Lipinski definition) is 10. The number of methoxy groups -OCH3 is 1. The maximum absolute atomic E-state index is 12.6. The average molecular weight is 753 g/mol. The van der Waals surface area contributed by atoms with E-state index in [9.17, 15) is 14.4 Å². The van der Waals surface area contributed by atoms with Crippen molar-refractivity contribution in [3.05, 3.63) is 129 Å². The number of rotatable bonds is 6. The highest BCUT2D eigenvalue weighted by Gasteiger charge is 2.12. The van der Waals surface area contributed by atoms with E-state index in [4.69, 9.17) is 50.4 Å². The quantitative estimate of drug-likeness (QED) is 0.0774. The summed E-state index contributed by atoms with van der Waals surface area (Å²) >= 11 is 16.1. The van der Waals surface area contributed by atoms with Crippen LogP contribution in [0.1, 0.15) is 20.7 Å². The maximum atomic E-state index is 12.6. The van der Waals surface area contributed by atoms with Crippen LogP contribution in [0.5, 0.6) is 0 Å². The Morgan fingerprint density at radius 1 is 0.784 bits per heavy atom. The van der Waals surface area contributed by atoms with Gasteiger partial charge in [0, 0.05) is 76.3 Å². The molecule has 0 bridgehead atoms. The molecule has 0 saturated carbocycles. The summed E-state index contributed by atoms with van der Waals surface area (Å²) in [6.07, 6.45) is 4.64. The van der Waals surface area contributed by atoms with Crippen molar-refractivity contribution in [2.24, 2.45) is 0 Å². The number of carbonyl (C=O) groups excluding carboxylic acids is 1. The van der Waals surface area contributed by atoms with Gasteiger partial charge in [0.2, 0.25) is 0 Å². The number of hydrogen-bond donors (Lipinski definition) is 2. The molecule has 3 N–H and O–H groups in total. The number of anilines is 3. The molecule has 0 saturated heterocycles. The van der Waals surface area contributed by atoms with Crippen LogP contribution in [0.3, 0.4) is 0 Å². The van der Waals surface area contributed by atoms with Gasteiger partial charge in [-0.2, -0.15) is 0 Å². The molecule has 0 spiro atoms. The fourth-order valence-electron chi connectivity index (χ4n) is 4.41. The molecule has 15 heteroatoms. The second kappa shape index (κ2) is 19.2. The molecule has 0 unspecified atom stereocenters. The molecule has 6 aromatic rings. The molecule has 12 nitrogen and oxygen atoms in total. The number of nitrogens with two attached hydrogens (primary N) is 1. The van der Waals surface area contributed by atoms with E-state index >= 15 is 0 Å². The Hall–Kier alpha value is -5.27. The first kappa shape index (κ1) is 40.2. The Morgan fingerprint density at radius 3 is 1.82 bits per heavy atom. The second-order valence-electron chi connectivity index (χ2n) is 10.9. The number of ether oxygens (including phenoxy) is 1. The van der Waals surface area contributed by atoms with Gasteiger partial charge in [-0.1, -0.05) is 29.3 Å². The van der Waals surface area contributed by atoms with Gasteiger partial charge in [0.25, 0.3) is 10.8 Å². The number of pyridine rings is 4. The molecular formula is C36H36Cl3N7O5. The number of carboxylic acids is 1. The number of nitrogen functional groups attached to an aromatic ring is 1. The molecule has 2 aromatic carbocycles. The second-order valence-corrected chi connectivity index (χ2v) is 12.0. The Bertz CT molecular complexity index is 2120. The summed E-state index contributed by atoms with van der Waals surface area (Å²) in [5.41, 5.74) is 10.3. The standard InChI is InChI=1S/C16H17N3O2.C8H12N2.C6H3Cl2NO.C6H4ClNO2/c1-18(2)11-6-7-12-14(9-11)19(10-21-3)16(20)13-5-4-8-17-15(12)13;1-10(2)8-5-3-4-7(9)6-8;7-5-4(6(8)10)2-1-3-9-5;7-5-4(6(9)10)2-1-3-8-5/h4-9H,10H2,1-3H3;3-6H,9H2,1-2H3;1-3H;1-3H,(H,9,10). The van der Waals surface area contributed by atoms with Crippen LogP contribution in [0.25, 0.3) is 21.8 Å². The van der Waals surface area contributed by atoms with Gasteiger partial charge < -0.3 is 25.4 Å². The molecule has 0 atom stereocenters. The zero-order chi connectivity index (χ0) is 37.7. The number of carbonyl (C=O) groups is 2. The van der Waals surface area contributed by atoms with Crippen molar-refractivity contribution in [1.82, 2.24) is 19.5 Å². The highest BCUT2D eigenvalue weighted by molar-refractivity contribution is 6.68. The third-order valence-corrected chi connectivity index (χ3v) is 7.74. The number of fused-ring (bicyclic) bond motifs is 3. The minimum absolute atomic E-state index is 0.0231. The van der Waals surface area contributed by atoms with Crippen molar-refractivity contribution >= 4 is 84.9 Å². The summed E-state index contributed by atoms with van der Waals surface area (Å²) in [6, 6.07) is 23.4. The van der Waals surface area contributed by atoms with E-state index in [0.717, 1.165) is 33.5 Å². The van der Waals surface area contributed by atoms with Crippen molar-refractivity contribution in [2.45, 2.75) is 6.73 Å². The Labute approximate surface area is 309 Å². The van der Waals surface area contributed by atoms with E-state index in [1.54, 1.807) is 36.1 Å². The van der Waals surface area contributed by atoms with E-state index in [1.165, 1.54) is 30.6 Å². The first-order chi connectivity index (χ1) is 24.3. The minimum atomic E-state index is -1.06. The van der Waals surface area contributed by atoms with Crippen LogP contribution in [0.4, 0.5) is 17.1 Å². The molecule has 4 aromatic heterocycles. The number of halogens is 3. The first-order valence-electron chi connectivity index (χ1n) is 15.0.